The number of amides is 2. The molecule has 5 heteroatoms. The molecule has 17 heavy (non-hydrogen) atoms. The average Bonchev–Trinajstić information content (AvgIpc) is 2.82. The molecule has 1 aliphatic rings. The van der Waals surface area contributed by atoms with Crippen molar-refractivity contribution in [3.63, 3.8) is 0 Å². The van der Waals surface area contributed by atoms with E-state index in [1.807, 2.05) is 30.5 Å². The molecular weight excluding hydrogens is 236 g/mol. The van der Waals surface area contributed by atoms with Gasteiger partial charge in [0.15, 0.2) is 0 Å². The largest absolute Gasteiger partial charge is 0.379 e. The number of para-hydroxylation sites is 1. The van der Waals surface area contributed by atoms with Crippen molar-refractivity contribution in [2.24, 2.45) is 0 Å². The zero-order valence-electron chi connectivity index (χ0n) is 9.73. The van der Waals surface area contributed by atoms with E-state index in [2.05, 4.69) is 10.6 Å². The maximum atomic E-state index is 11.7. The van der Waals surface area contributed by atoms with Crippen LogP contribution in [0.25, 0.3) is 0 Å². The van der Waals surface area contributed by atoms with Gasteiger partial charge < -0.3 is 15.4 Å². The van der Waals surface area contributed by atoms with Crippen LogP contribution in [0.1, 0.15) is 6.42 Å². The molecule has 1 aromatic carbocycles. The molecule has 0 aliphatic carbocycles. The molecule has 0 saturated carbocycles. The molecule has 1 heterocycles. The number of hydrogen-bond acceptors (Lipinski definition) is 3. The zero-order valence-corrected chi connectivity index (χ0v) is 10.5. The van der Waals surface area contributed by atoms with Crippen LogP contribution in [0.5, 0.6) is 0 Å². The molecular formula is C12H16N2O2S. The average molecular weight is 252 g/mol. The molecule has 0 aromatic heterocycles. The summed E-state index contributed by atoms with van der Waals surface area (Å²) < 4.78 is 5.21. The molecule has 1 aromatic rings. The first-order valence-electron chi connectivity index (χ1n) is 5.58. The number of benzene rings is 1. The van der Waals surface area contributed by atoms with E-state index in [-0.39, 0.29) is 12.1 Å². The lowest BCUT2D eigenvalue weighted by Crippen LogP contribution is -2.38. The van der Waals surface area contributed by atoms with Crippen molar-refractivity contribution >= 4 is 23.5 Å². The van der Waals surface area contributed by atoms with Crippen molar-refractivity contribution in [2.45, 2.75) is 17.4 Å². The van der Waals surface area contributed by atoms with Gasteiger partial charge in [-0.15, -0.1) is 11.8 Å². The minimum Gasteiger partial charge on any atom is -0.379 e. The quantitative estimate of drug-likeness (QED) is 0.812. The Morgan fingerprint density at radius 3 is 3.00 bits per heavy atom. The molecule has 1 atom stereocenters. The fraction of sp³-hybridized carbons (Fsp3) is 0.417. The summed E-state index contributed by atoms with van der Waals surface area (Å²) in [6.07, 6.45) is 2.88. The summed E-state index contributed by atoms with van der Waals surface area (Å²) in [4.78, 5) is 12.8. The Hall–Kier alpha value is -1.20. The van der Waals surface area contributed by atoms with Gasteiger partial charge in [0.1, 0.15) is 0 Å². The number of carbonyl (C=O) groups excluding carboxylic acids is 1. The lowest BCUT2D eigenvalue weighted by Gasteiger charge is -2.13. The number of rotatable bonds is 3. The molecule has 92 valence electrons. The lowest BCUT2D eigenvalue weighted by molar-refractivity contribution is 0.189. The van der Waals surface area contributed by atoms with E-state index < -0.39 is 0 Å². The Bertz CT molecular complexity index is 392. The van der Waals surface area contributed by atoms with Gasteiger partial charge in [-0.3, -0.25) is 0 Å². The van der Waals surface area contributed by atoms with Crippen LogP contribution >= 0.6 is 11.8 Å². The lowest BCUT2D eigenvalue weighted by atomic mass is 10.3. The summed E-state index contributed by atoms with van der Waals surface area (Å²) in [7, 11) is 0. The van der Waals surface area contributed by atoms with Gasteiger partial charge in [0.25, 0.3) is 0 Å². The van der Waals surface area contributed by atoms with E-state index in [1.54, 1.807) is 11.8 Å². The van der Waals surface area contributed by atoms with Crippen molar-refractivity contribution in [2.75, 3.05) is 24.8 Å². The number of hydrogen-bond donors (Lipinski definition) is 2. The van der Waals surface area contributed by atoms with Gasteiger partial charge in [-0.25, -0.2) is 4.79 Å². The van der Waals surface area contributed by atoms with E-state index in [4.69, 9.17) is 4.74 Å². The molecule has 1 fully saturated rings. The highest BCUT2D eigenvalue weighted by molar-refractivity contribution is 7.98. The molecule has 2 N–H and O–H groups in total. The van der Waals surface area contributed by atoms with Crippen molar-refractivity contribution < 1.29 is 9.53 Å². The maximum Gasteiger partial charge on any atom is 0.319 e. The van der Waals surface area contributed by atoms with Gasteiger partial charge in [-0.05, 0) is 24.8 Å². The SMILES string of the molecule is CSc1ccccc1NC(=O)NC1CCOC1. The maximum absolute atomic E-state index is 11.7. The summed E-state index contributed by atoms with van der Waals surface area (Å²) in [5.41, 5.74) is 0.844. The number of ether oxygens (including phenoxy) is 1. The van der Waals surface area contributed by atoms with Gasteiger partial charge in [-0.2, -0.15) is 0 Å². The fourth-order valence-corrected chi connectivity index (χ4v) is 2.29. The van der Waals surface area contributed by atoms with E-state index in [9.17, 15) is 4.79 Å². The minimum atomic E-state index is -0.165. The summed E-state index contributed by atoms with van der Waals surface area (Å²) in [5.74, 6) is 0. The first-order valence-corrected chi connectivity index (χ1v) is 6.80. The van der Waals surface area contributed by atoms with E-state index in [0.29, 0.717) is 6.61 Å². The Labute approximate surface area is 105 Å². The molecule has 2 rings (SSSR count). The first kappa shape index (κ1) is 12.3. The van der Waals surface area contributed by atoms with Gasteiger partial charge in [0.05, 0.1) is 18.3 Å². The molecule has 1 saturated heterocycles. The Kier molecular flexibility index (Phi) is 4.28. The Morgan fingerprint density at radius 2 is 2.29 bits per heavy atom. The van der Waals surface area contributed by atoms with Crippen molar-refractivity contribution in [3.8, 4) is 0 Å². The second-order valence-electron chi connectivity index (χ2n) is 3.86. The topological polar surface area (TPSA) is 50.4 Å². The van der Waals surface area contributed by atoms with Crippen LogP contribution in [0.2, 0.25) is 0 Å². The van der Waals surface area contributed by atoms with Crippen LogP contribution in [0.15, 0.2) is 29.2 Å². The van der Waals surface area contributed by atoms with Crippen molar-refractivity contribution in [3.05, 3.63) is 24.3 Å². The predicted molar refractivity (Wildman–Crippen MR) is 69.6 cm³/mol. The molecule has 0 radical (unpaired) electrons. The monoisotopic (exact) mass is 252 g/mol. The smallest absolute Gasteiger partial charge is 0.319 e. The highest BCUT2D eigenvalue weighted by atomic mass is 32.2. The number of urea groups is 1. The van der Waals surface area contributed by atoms with Crippen LogP contribution < -0.4 is 10.6 Å². The van der Waals surface area contributed by atoms with Crippen LogP contribution in [-0.4, -0.2) is 31.5 Å². The summed E-state index contributed by atoms with van der Waals surface area (Å²) in [6, 6.07) is 7.72. The van der Waals surface area contributed by atoms with Crippen LogP contribution in [0.4, 0.5) is 10.5 Å². The van der Waals surface area contributed by atoms with E-state index in [1.165, 1.54) is 0 Å². The molecule has 0 bridgehead atoms. The fourth-order valence-electron chi connectivity index (χ4n) is 1.74. The third-order valence-electron chi connectivity index (χ3n) is 2.62. The molecule has 1 unspecified atom stereocenters. The van der Waals surface area contributed by atoms with E-state index in [0.717, 1.165) is 23.6 Å². The Balaban J connectivity index is 1.92. The molecule has 1 aliphatic heterocycles. The first-order chi connectivity index (χ1) is 8.29. The van der Waals surface area contributed by atoms with Gasteiger partial charge >= 0.3 is 6.03 Å². The third-order valence-corrected chi connectivity index (χ3v) is 3.42. The molecule has 4 nitrogen and oxygen atoms in total. The summed E-state index contributed by atoms with van der Waals surface area (Å²) in [6.45, 7) is 1.34. The highest BCUT2D eigenvalue weighted by Gasteiger charge is 2.17. The summed E-state index contributed by atoms with van der Waals surface area (Å²) >= 11 is 1.61. The van der Waals surface area contributed by atoms with Gasteiger partial charge in [0.2, 0.25) is 0 Å². The van der Waals surface area contributed by atoms with Gasteiger partial charge in [-0.1, -0.05) is 12.1 Å². The second kappa shape index (κ2) is 5.93. The third kappa shape index (κ3) is 3.38. The van der Waals surface area contributed by atoms with Crippen LogP contribution in [0, 0.1) is 0 Å². The number of nitrogens with one attached hydrogen (secondary N) is 2. The molecule has 0 spiro atoms. The second-order valence-corrected chi connectivity index (χ2v) is 4.71. The van der Waals surface area contributed by atoms with Crippen molar-refractivity contribution in [1.82, 2.24) is 5.32 Å². The zero-order chi connectivity index (χ0) is 12.1. The number of carbonyl (C=O) groups is 1. The van der Waals surface area contributed by atoms with Crippen LogP contribution in [0.3, 0.4) is 0 Å². The minimum absolute atomic E-state index is 0.136. The molecule has 2 amide bonds. The van der Waals surface area contributed by atoms with Gasteiger partial charge in [0, 0.05) is 11.5 Å². The number of thioether (sulfide) groups is 1. The highest BCUT2D eigenvalue weighted by Crippen LogP contribution is 2.24. The van der Waals surface area contributed by atoms with Crippen LogP contribution in [-0.2, 0) is 4.74 Å². The standard InChI is InChI=1S/C12H16N2O2S/c1-17-11-5-3-2-4-10(11)14-12(15)13-9-6-7-16-8-9/h2-5,9H,6-8H2,1H3,(H2,13,14,15). The predicted octanol–water partition coefficient (Wildman–Crippen LogP) is 2.32. The number of anilines is 1. The Morgan fingerprint density at radius 1 is 1.47 bits per heavy atom. The summed E-state index contributed by atoms with van der Waals surface area (Å²) in [5, 5.41) is 5.76. The normalized spacial score (nSPS) is 19.0. The van der Waals surface area contributed by atoms with E-state index >= 15 is 0 Å². The van der Waals surface area contributed by atoms with Crippen molar-refractivity contribution in [1.29, 1.82) is 0 Å².